The number of nitrogens with zero attached hydrogens (tertiary/aromatic N) is 1. The fourth-order valence-corrected chi connectivity index (χ4v) is 4.58. The predicted octanol–water partition coefficient (Wildman–Crippen LogP) is 3.94. The van der Waals surface area contributed by atoms with E-state index in [-0.39, 0.29) is 27.6 Å². The number of para-hydroxylation sites is 1. The lowest BCUT2D eigenvalue weighted by atomic mass is 10.2. The summed E-state index contributed by atoms with van der Waals surface area (Å²) < 4.78 is 41.4. The van der Waals surface area contributed by atoms with E-state index in [1.807, 2.05) is 0 Å². The van der Waals surface area contributed by atoms with Crippen molar-refractivity contribution in [1.82, 2.24) is 10.9 Å². The maximum absolute atomic E-state index is 13.7. The maximum atomic E-state index is 13.7. The third kappa shape index (κ3) is 5.39. The Morgan fingerprint density at radius 2 is 1.55 bits per heavy atom. The van der Waals surface area contributed by atoms with Gasteiger partial charge in [-0.25, -0.2) is 12.8 Å². The highest BCUT2D eigenvalue weighted by Gasteiger charge is 2.26. The Morgan fingerprint density at radius 3 is 2.18 bits per heavy atom. The molecule has 0 spiro atoms. The Kier molecular flexibility index (Phi) is 7.47. The van der Waals surface area contributed by atoms with Crippen molar-refractivity contribution in [3.8, 4) is 0 Å². The molecule has 10 heteroatoms. The van der Waals surface area contributed by atoms with E-state index in [1.165, 1.54) is 36.4 Å². The molecule has 33 heavy (non-hydrogen) atoms. The van der Waals surface area contributed by atoms with Crippen LogP contribution in [-0.4, -0.2) is 26.8 Å². The molecule has 0 heterocycles. The molecule has 0 atom stereocenters. The monoisotopic (exact) mass is 487 g/mol. The van der Waals surface area contributed by atoms with Gasteiger partial charge in [0.15, 0.2) is 0 Å². The first-order valence-corrected chi connectivity index (χ1v) is 11.4. The number of hydrogen-bond acceptors (Lipinski definition) is 4. The Morgan fingerprint density at radius 1 is 0.939 bits per heavy atom. The number of amides is 2. The van der Waals surface area contributed by atoms with Gasteiger partial charge < -0.3 is 0 Å². The molecule has 0 fully saturated rings. The van der Waals surface area contributed by atoms with E-state index in [1.54, 1.807) is 30.3 Å². The Labute approximate surface area is 195 Å². The zero-order chi connectivity index (χ0) is 24.0. The molecule has 0 aliphatic rings. The topological polar surface area (TPSA) is 95.6 Å². The summed E-state index contributed by atoms with van der Waals surface area (Å²) in [5.41, 5.74) is 4.14. The number of sulfonamides is 1. The fraction of sp³-hybridized carbons (Fsp3) is 0.0435. The third-order valence-electron chi connectivity index (χ3n) is 4.52. The van der Waals surface area contributed by atoms with Gasteiger partial charge in [0.25, 0.3) is 21.8 Å². The molecule has 0 saturated carbocycles. The Balaban J connectivity index is 1.86. The molecule has 0 bridgehead atoms. The number of carbonyl (C=O) groups excluding carboxylic acids is 2. The highest BCUT2D eigenvalue weighted by Crippen LogP contribution is 2.26. The molecule has 0 aromatic heterocycles. The lowest BCUT2D eigenvalue weighted by molar-refractivity contribution is 0.0844. The molecule has 7 nitrogen and oxygen atoms in total. The Hall–Kier alpha value is -3.69. The van der Waals surface area contributed by atoms with Crippen LogP contribution >= 0.6 is 11.6 Å². The van der Waals surface area contributed by atoms with Crippen molar-refractivity contribution in [3.05, 3.63) is 107 Å². The second kappa shape index (κ2) is 10.3. The highest BCUT2D eigenvalue weighted by atomic mass is 35.5. The summed E-state index contributed by atoms with van der Waals surface area (Å²) in [6, 6.07) is 17.3. The second-order valence-corrected chi connectivity index (χ2v) is 8.96. The van der Waals surface area contributed by atoms with Gasteiger partial charge in [0.2, 0.25) is 0 Å². The van der Waals surface area contributed by atoms with Crippen molar-refractivity contribution in [3.63, 3.8) is 0 Å². The van der Waals surface area contributed by atoms with Gasteiger partial charge in [-0.2, -0.15) is 0 Å². The highest BCUT2D eigenvalue weighted by molar-refractivity contribution is 7.92. The van der Waals surface area contributed by atoms with Crippen LogP contribution in [0.2, 0.25) is 5.02 Å². The lowest BCUT2D eigenvalue weighted by Gasteiger charge is -2.23. The lowest BCUT2D eigenvalue weighted by Crippen LogP contribution is -2.42. The minimum Gasteiger partial charge on any atom is -0.267 e. The molecule has 3 aromatic rings. The number of benzene rings is 3. The van der Waals surface area contributed by atoms with E-state index in [0.29, 0.717) is 5.69 Å². The van der Waals surface area contributed by atoms with Gasteiger partial charge >= 0.3 is 0 Å². The minimum absolute atomic E-state index is 0.00476. The normalized spacial score (nSPS) is 10.8. The van der Waals surface area contributed by atoms with Gasteiger partial charge in [-0.15, -0.1) is 6.58 Å². The molecule has 3 aromatic carbocycles. The molecule has 170 valence electrons. The average Bonchev–Trinajstić information content (AvgIpc) is 2.81. The molecule has 0 saturated heterocycles. The molecule has 2 amide bonds. The number of nitrogens with one attached hydrogen (secondary N) is 2. The zero-order valence-electron chi connectivity index (χ0n) is 17.2. The molecule has 2 N–H and O–H groups in total. The van der Waals surface area contributed by atoms with E-state index >= 15 is 0 Å². The summed E-state index contributed by atoms with van der Waals surface area (Å²) in [6.07, 6.45) is 1.44. The molecule has 0 radical (unpaired) electrons. The van der Waals surface area contributed by atoms with Crippen molar-refractivity contribution in [2.24, 2.45) is 0 Å². The molecule has 0 unspecified atom stereocenters. The molecule has 0 aliphatic carbocycles. The first kappa shape index (κ1) is 24.0. The van der Waals surface area contributed by atoms with Crippen LogP contribution in [-0.2, 0) is 10.0 Å². The summed E-state index contributed by atoms with van der Waals surface area (Å²) in [7, 11) is -4.08. The van der Waals surface area contributed by atoms with Gasteiger partial charge in [0, 0.05) is 0 Å². The average molecular weight is 488 g/mol. The number of carbonyl (C=O) groups is 2. The first-order valence-electron chi connectivity index (χ1n) is 9.59. The van der Waals surface area contributed by atoms with Crippen LogP contribution in [0, 0.1) is 5.82 Å². The van der Waals surface area contributed by atoms with Gasteiger partial charge in [-0.3, -0.25) is 24.7 Å². The van der Waals surface area contributed by atoms with Crippen LogP contribution in [0.3, 0.4) is 0 Å². The summed E-state index contributed by atoms with van der Waals surface area (Å²) in [5, 5.41) is -0.0402. The predicted molar refractivity (Wildman–Crippen MR) is 124 cm³/mol. The van der Waals surface area contributed by atoms with Gasteiger partial charge in [0.1, 0.15) is 5.82 Å². The largest absolute Gasteiger partial charge is 0.272 e. The molecule has 0 aliphatic heterocycles. The van der Waals surface area contributed by atoms with E-state index in [0.717, 1.165) is 16.4 Å². The van der Waals surface area contributed by atoms with Crippen LogP contribution in [0.25, 0.3) is 0 Å². The zero-order valence-corrected chi connectivity index (χ0v) is 18.7. The number of rotatable bonds is 7. The van der Waals surface area contributed by atoms with Crippen LogP contribution in [0.15, 0.2) is 90.3 Å². The van der Waals surface area contributed by atoms with E-state index < -0.39 is 27.7 Å². The van der Waals surface area contributed by atoms with Crippen molar-refractivity contribution < 1.29 is 22.4 Å². The fourth-order valence-electron chi connectivity index (χ4n) is 2.91. The SMILES string of the molecule is C=CCN(c1ccccc1)S(=O)(=O)c1ccc(Cl)c(C(=O)NNC(=O)c2ccccc2F)c1. The number of hydrogen-bond donors (Lipinski definition) is 2. The number of hydrazine groups is 1. The van der Waals surface area contributed by atoms with Gasteiger partial charge in [0.05, 0.1) is 33.3 Å². The molecule has 3 rings (SSSR count). The van der Waals surface area contributed by atoms with Crippen molar-refractivity contribution in [2.75, 3.05) is 10.8 Å². The van der Waals surface area contributed by atoms with Crippen LogP contribution in [0.1, 0.15) is 20.7 Å². The Bertz CT molecular complexity index is 1300. The standard InChI is InChI=1S/C23H19ClFN3O4S/c1-2-14-28(16-8-4-3-5-9-16)33(31,32)17-12-13-20(24)19(15-17)23(30)27-26-22(29)18-10-6-7-11-21(18)25/h2-13,15H,1,14H2,(H,26,29)(H,27,30). The smallest absolute Gasteiger partial charge is 0.267 e. The van der Waals surface area contributed by atoms with Crippen molar-refractivity contribution in [1.29, 1.82) is 0 Å². The summed E-state index contributed by atoms with van der Waals surface area (Å²) in [4.78, 5) is 24.5. The van der Waals surface area contributed by atoms with Crippen molar-refractivity contribution >= 4 is 39.1 Å². The summed E-state index contributed by atoms with van der Waals surface area (Å²) in [5.74, 6) is -2.53. The minimum atomic E-state index is -4.08. The van der Waals surface area contributed by atoms with Gasteiger partial charge in [-0.1, -0.05) is 48.0 Å². The first-order chi connectivity index (χ1) is 15.8. The third-order valence-corrected chi connectivity index (χ3v) is 6.64. The van der Waals surface area contributed by atoms with Crippen molar-refractivity contribution in [2.45, 2.75) is 4.90 Å². The number of halogens is 2. The molecular weight excluding hydrogens is 469 g/mol. The summed E-state index contributed by atoms with van der Waals surface area (Å²) >= 11 is 6.10. The number of anilines is 1. The second-order valence-electron chi connectivity index (χ2n) is 6.69. The van der Waals surface area contributed by atoms with E-state index in [4.69, 9.17) is 11.6 Å². The maximum Gasteiger partial charge on any atom is 0.272 e. The molecular formula is C23H19ClFN3O4S. The van der Waals surface area contributed by atoms with E-state index in [9.17, 15) is 22.4 Å². The summed E-state index contributed by atoms with van der Waals surface area (Å²) in [6.45, 7) is 3.60. The van der Waals surface area contributed by atoms with Crippen LogP contribution in [0.5, 0.6) is 0 Å². The van der Waals surface area contributed by atoms with Crippen LogP contribution in [0.4, 0.5) is 10.1 Å². The quantitative estimate of drug-likeness (QED) is 0.390. The van der Waals surface area contributed by atoms with Crippen LogP contribution < -0.4 is 15.2 Å². The van der Waals surface area contributed by atoms with Gasteiger partial charge in [-0.05, 0) is 42.5 Å². The van der Waals surface area contributed by atoms with E-state index in [2.05, 4.69) is 17.4 Å².